The Balaban J connectivity index is 2.21. The molecule has 10 heteroatoms. The number of carbonyl (C=O) groups excluding carboxylic acids is 2. The number of furan rings is 1. The molecule has 4 N–H and O–H groups in total. The predicted octanol–water partition coefficient (Wildman–Crippen LogP) is 2.77. The highest BCUT2D eigenvalue weighted by Gasteiger charge is 2.39. The maximum absolute atomic E-state index is 13.2. The first-order valence-electron chi connectivity index (χ1n) is 10.3. The van der Waals surface area contributed by atoms with Crippen LogP contribution in [0.15, 0.2) is 53.1 Å². The number of amides is 2. The normalized spacial score (nSPS) is 15.9. The zero-order valence-corrected chi connectivity index (χ0v) is 18.9. The van der Waals surface area contributed by atoms with Gasteiger partial charge in [-0.15, -0.1) is 0 Å². The van der Waals surface area contributed by atoms with Crippen LogP contribution >= 0.6 is 7.37 Å². The summed E-state index contributed by atoms with van der Waals surface area (Å²) in [6, 6.07) is 10.7. The Bertz CT molecular complexity index is 931. The van der Waals surface area contributed by atoms with Gasteiger partial charge in [-0.2, -0.15) is 0 Å². The Morgan fingerprint density at radius 2 is 1.84 bits per heavy atom. The van der Waals surface area contributed by atoms with Crippen molar-refractivity contribution < 1.29 is 33.4 Å². The minimum atomic E-state index is -4.15. The zero-order valence-electron chi connectivity index (χ0n) is 18.0. The number of rotatable bonds is 13. The molecular weight excluding hydrogens is 435 g/mol. The summed E-state index contributed by atoms with van der Waals surface area (Å²) in [6.07, 6.45) is 1.51. The number of carboxylic acid groups (broad SMARTS) is 1. The van der Waals surface area contributed by atoms with Gasteiger partial charge in [-0.1, -0.05) is 44.2 Å². The predicted molar refractivity (Wildman–Crippen MR) is 118 cm³/mol. The van der Waals surface area contributed by atoms with Gasteiger partial charge in [0.05, 0.1) is 6.26 Å². The average Bonchev–Trinajstić information content (AvgIpc) is 3.25. The Kier molecular flexibility index (Phi) is 9.23. The minimum absolute atomic E-state index is 0.00393. The fourth-order valence-electron chi connectivity index (χ4n) is 3.50. The highest BCUT2D eigenvalue weighted by Crippen LogP contribution is 2.55. The maximum Gasteiger partial charge on any atom is 0.326 e. The molecule has 1 heterocycles. The Hall–Kier alpha value is -2.90. The first-order valence-corrected chi connectivity index (χ1v) is 12.2. The topological polar surface area (TPSA) is 146 Å². The van der Waals surface area contributed by atoms with Gasteiger partial charge in [0.1, 0.15) is 11.8 Å². The summed E-state index contributed by atoms with van der Waals surface area (Å²) < 4.78 is 18.4. The standard InChI is InChI=1S/C22H29N2O7P/c1-15(2)11-17(13-32(29,30)21(23-14-25)19-9-6-10-31-19)20(26)24-18(22(27)28)12-16-7-4-3-5-8-16/h3-10,14-15,17-18,21H,11-13H2,1-2H3,(H,23,25)(H,24,26)(H,27,28)(H,29,30)/t17?,18-,21?/m0/s1. The Morgan fingerprint density at radius 3 is 2.38 bits per heavy atom. The number of hydrogen-bond acceptors (Lipinski definition) is 5. The van der Waals surface area contributed by atoms with Crippen LogP contribution in [0.2, 0.25) is 0 Å². The minimum Gasteiger partial charge on any atom is -0.480 e. The number of nitrogens with one attached hydrogen (secondary N) is 2. The van der Waals surface area contributed by atoms with E-state index in [1.807, 2.05) is 13.8 Å². The number of benzene rings is 1. The molecule has 0 aliphatic rings. The van der Waals surface area contributed by atoms with E-state index in [0.717, 1.165) is 5.56 Å². The second-order valence-electron chi connectivity index (χ2n) is 8.06. The van der Waals surface area contributed by atoms with Crippen molar-refractivity contribution in [3.63, 3.8) is 0 Å². The molecule has 0 aliphatic heterocycles. The van der Waals surface area contributed by atoms with Gasteiger partial charge in [-0.3, -0.25) is 14.2 Å². The van der Waals surface area contributed by atoms with Gasteiger partial charge in [0, 0.05) is 18.5 Å². The smallest absolute Gasteiger partial charge is 0.326 e. The van der Waals surface area contributed by atoms with Gasteiger partial charge in [-0.05, 0) is 30.0 Å². The first kappa shape index (κ1) is 25.4. The molecule has 0 spiro atoms. The van der Waals surface area contributed by atoms with Crippen molar-refractivity contribution in [2.45, 2.75) is 38.5 Å². The average molecular weight is 464 g/mol. The van der Waals surface area contributed by atoms with E-state index in [9.17, 15) is 28.9 Å². The van der Waals surface area contributed by atoms with E-state index < -0.39 is 43.1 Å². The van der Waals surface area contributed by atoms with E-state index in [0.29, 0.717) is 6.41 Å². The lowest BCUT2D eigenvalue weighted by Crippen LogP contribution is -2.46. The molecule has 0 saturated carbocycles. The maximum atomic E-state index is 13.2. The Morgan fingerprint density at radius 1 is 1.16 bits per heavy atom. The summed E-state index contributed by atoms with van der Waals surface area (Å²) >= 11 is 0. The molecule has 1 aromatic carbocycles. The van der Waals surface area contributed by atoms with Crippen LogP contribution in [-0.2, 0) is 25.4 Å². The van der Waals surface area contributed by atoms with E-state index in [4.69, 9.17) is 4.42 Å². The third-order valence-electron chi connectivity index (χ3n) is 4.95. The highest BCUT2D eigenvalue weighted by atomic mass is 31.2. The van der Waals surface area contributed by atoms with E-state index in [-0.39, 0.29) is 24.5 Å². The fraction of sp³-hybridized carbons (Fsp3) is 0.409. The van der Waals surface area contributed by atoms with Crippen LogP contribution in [0.1, 0.15) is 37.4 Å². The van der Waals surface area contributed by atoms with Gasteiger partial charge in [0.15, 0.2) is 5.78 Å². The number of carbonyl (C=O) groups is 3. The van der Waals surface area contributed by atoms with E-state index in [1.54, 1.807) is 30.3 Å². The quantitative estimate of drug-likeness (QED) is 0.263. The van der Waals surface area contributed by atoms with Crippen LogP contribution in [0.4, 0.5) is 0 Å². The van der Waals surface area contributed by atoms with Gasteiger partial charge in [0.25, 0.3) is 0 Å². The van der Waals surface area contributed by atoms with E-state index >= 15 is 0 Å². The molecule has 3 unspecified atom stereocenters. The van der Waals surface area contributed by atoms with Crippen LogP contribution < -0.4 is 10.6 Å². The number of hydrogen-bond donors (Lipinski definition) is 4. The highest BCUT2D eigenvalue weighted by molar-refractivity contribution is 7.58. The van der Waals surface area contributed by atoms with Crippen LogP contribution in [0, 0.1) is 11.8 Å². The molecule has 0 bridgehead atoms. The summed E-state index contributed by atoms with van der Waals surface area (Å²) in [5.74, 6) is -3.97. The lowest BCUT2D eigenvalue weighted by molar-refractivity contribution is -0.142. The largest absolute Gasteiger partial charge is 0.480 e. The summed E-state index contributed by atoms with van der Waals surface area (Å²) in [6.45, 7) is 3.71. The monoisotopic (exact) mass is 464 g/mol. The van der Waals surface area contributed by atoms with Gasteiger partial charge in [0.2, 0.25) is 19.7 Å². The van der Waals surface area contributed by atoms with Crippen molar-refractivity contribution in [1.29, 1.82) is 0 Å². The lowest BCUT2D eigenvalue weighted by Gasteiger charge is -2.27. The summed E-state index contributed by atoms with van der Waals surface area (Å²) in [7, 11) is -4.15. The van der Waals surface area contributed by atoms with Gasteiger partial charge < -0.3 is 25.1 Å². The van der Waals surface area contributed by atoms with Crippen molar-refractivity contribution in [2.24, 2.45) is 11.8 Å². The number of carboxylic acids is 1. The van der Waals surface area contributed by atoms with Crippen molar-refractivity contribution in [3.8, 4) is 0 Å². The van der Waals surface area contributed by atoms with Crippen molar-refractivity contribution >= 4 is 25.7 Å². The molecule has 32 heavy (non-hydrogen) atoms. The molecular formula is C22H29N2O7P. The molecule has 0 aliphatic carbocycles. The first-order chi connectivity index (χ1) is 15.1. The Labute approximate surface area is 186 Å². The van der Waals surface area contributed by atoms with Crippen LogP contribution in [0.3, 0.4) is 0 Å². The van der Waals surface area contributed by atoms with E-state index in [2.05, 4.69) is 10.6 Å². The molecule has 0 fully saturated rings. The molecule has 1 aromatic heterocycles. The molecule has 9 nitrogen and oxygen atoms in total. The molecule has 2 rings (SSSR count). The molecule has 4 atom stereocenters. The molecule has 0 radical (unpaired) electrons. The third-order valence-corrected chi connectivity index (χ3v) is 7.12. The van der Waals surface area contributed by atoms with Crippen LogP contribution in [0.25, 0.3) is 0 Å². The molecule has 0 saturated heterocycles. The fourth-order valence-corrected chi connectivity index (χ4v) is 5.50. The zero-order chi connectivity index (χ0) is 23.7. The summed E-state index contributed by atoms with van der Waals surface area (Å²) in [4.78, 5) is 46.5. The summed E-state index contributed by atoms with van der Waals surface area (Å²) in [5, 5.41) is 14.4. The van der Waals surface area contributed by atoms with Crippen LogP contribution in [-0.4, -0.2) is 40.5 Å². The van der Waals surface area contributed by atoms with Gasteiger partial charge >= 0.3 is 5.97 Å². The second kappa shape index (κ2) is 11.6. The van der Waals surface area contributed by atoms with Crippen molar-refractivity contribution in [1.82, 2.24) is 10.6 Å². The SMILES string of the molecule is CC(C)CC(CP(=O)(O)C(NC=O)c1ccco1)C(=O)N[C@@H](Cc1ccccc1)C(=O)O. The number of aliphatic carboxylic acids is 1. The lowest BCUT2D eigenvalue weighted by atomic mass is 9.97. The van der Waals surface area contributed by atoms with Crippen molar-refractivity contribution in [2.75, 3.05) is 6.16 Å². The molecule has 2 amide bonds. The molecule has 174 valence electrons. The summed E-state index contributed by atoms with van der Waals surface area (Å²) in [5.41, 5.74) is 0.738. The third kappa shape index (κ3) is 7.35. The van der Waals surface area contributed by atoms with Crippen LogP contribution in [0.5, 0.6) is 0 Å². The van der Waals surface area contributed by atoms with Crippen molar-refractivity contribution in [3.05, 3.63) is 60.1 Å². The van der Waals surface area contributed by atoms with E-state index in [1.165, 1.54) is 18.4 Å². The molecule has 2 aromatic rings. The van der Waals surface area contributed by atoms with Gasteiger partial charge in [-0.25, -0.2) is 4.79 Å². The second-order valence-corrected chi connectivity index (χ2v) is 10.4.